The van der Waals surface area contributed by atoms with Crippen LogP contribution in [0.2, 0.25) is 5.02 Å². The van der Waals surface area contributed by atoms with Gasteiger partial charge in [-0.2, -0.15) is 11.8 Å². The van der Waals surface area contributed by atoms with Gasteiger partial charge in [0.2, 0.25) is 0 Å². The van der Waals surface area contributed by atoms with Gasteiger partial charge in [-0.3, -0.25) is 4.90 Å². The van der Waals surface area contributed by atoms with Gasteiger partial charge in [0.25, 0.3) is 0 Å². The first-order chi connectivity index (χ1) is 9.74. The Labute approximate surface area is 138 Å². The van der Waals surface area contributed by atoms with Gasteiger partial charge in [0.05, 0.1) is 9.50 Å². The third-order valence-corrected chi connectivity index (χ3v) is 5.85. The fourth-order valence-electron chi connectivity index (χ4n) is 3.03. The number of aromatic nitrogens is 1. The quantitative estimate of drug-likeness (QED) is 0.786. The van der Waals surface area contributed by atoms with Crippen LogP contribution in [-0.2, 0) is 0 Å². The van der Waals surface area contributed by atoms with E-state index in [1.54, 1.807) is 6.20 Å². The second kappa shape index (κ2) is 6.86. The van der Waals surface area contributed by atoms with E-state index in [9.17, 15) is 0 Å². The van der Waals surface area contributed by atoms with Crippen LogP contribution in [0.25, 0.3) is 0 Å². The Hall–Kier alpha value is 0.0300. The monoisotopic (exact) mass is 375 g/mol. The van der Waals surface area contributed by atoms with Crippen LogP contribution in [0, 0.1) is 0 Å². The van der Waals surface area contributed by atoms with Crippen molar-refractivity contribution in [2.75, 3.05) is 42.6 Å². The fourth-order valence-corrected chi connectivity index (χ4v) is 4.85. The summed E-state index contributed by atoms with van der Waals surface area (Å²) in [4.78, 5) is 9.52. The second-order valence-electron chi connectivity index (χ2n) is 5.33. The van der Waals surface area contributed by atoms with Gasteiger partial charge in [-0.15, -0.1) is 0 Å². The fraction of sp³-hybridized carbons (Fsp3) is 0.643. The molecule has 0 bridgehead atoms. The van der Waals surface area contributed by atoms with E-state index in [1.165, 1.54) is 37.4 Å². The molecule has 2 saturated heterocycles. The van der Waals surface area contributed by atoms with Crippen molar-refractivity contribution in [2.24, 2.45) is 0 Å². The number of rotatable bonds is 2. The zero-order chi connectivity index (χ0) is 13.9. The zero-order valence-corrected chi connectivity index (χ0v) is 14.6. The number of halogens is 2. The maximum absolute atomic E-state index is 5.96. The molecule has 1 aromatic heterocycles. The molecule has 20 heavy (non-hydrogen) atoms. The first kappa shape index (κ1) is 14.9. The molecule has 2 aliphatic heterocycles. The Morgan fingerprint density at radius 1 is 1.20 bits per heavy atom. The minimum Gasteiger partial charge on any atom is -0.356 e. The molecule has 3 heterocycles. The van der Waals surface area contributed by atoms with Crippen molar-refractivity contribution >= 4 is 45.1 Å². The van der Waals surface area contributed by atoms with Gasteiger partial charge in [0, 0.05) is 49.9 Å². The molecule has 3 rings (SSSR count). The molecule has 0 aliphatic carbocycles. The molecule has 2 fully saturated rings. The van der Waals surface area contributed by atoms with Crippen molar-refractivity contribution in [3.8, 4) is 0 Å². The summed E-state index contributed by atoms with van der Waals surface area (Å²) in [5, 5.41) is 0.682. The van der Waals surface area contributed by atoms with E-state index in [0.29, 0.717) is 5.02 Å². The molecule has 0 radical (unpaired) electrons. The van der Waals surface area contributed by atoms with Crippen molar-refractivity contribution in [3.05, 3.63) is 21.8 Å². The van der Waals surface area contributed by atoms with Crippen LogP contribution >= 0.6 is 39.3 Å². The Kier molecular flexibility index (Phi) is 5.13. The van der Waals surface area contributed by atoms with Crippen LogP contribution < -0.4 is 4.90 Å². The zero-order valence-electron chi connectivity index (χ0n) is 11.4. The molecule has 0 saturated carbocycles. The maximum Gasteiger partial charge on any atom is 0.142 e. The highest BCUT2D eigenvalue weighted by molar-refractivity contribution is 9.10. The number of thioether (sulfide) groups is 1. The molecular formula is C14H19BrClN3S. The van der Waals surface area contributed by atoms with Crippen LogP contribution in [0.15, 0.2) is 16.7 Å². The lowest BCUT2D eigenvalue weighted by molar-refractivity contribution is 0.185. The summed E-state index contributed by atoms with van der Waals surface area (Å²) in [6.07, 6.45) is 4.21. The van der Waals surface area contributed by atoms with E-state index in [-0.39, 0.29) is 0 Å². The Morgan fingerprint density at radius 2 is 1.90 bits per heavy atom. The molecule has 0 spiro atoms. The van der Waals surface area contributed by atoms with Crippen molar-refractivity contribution in [1.82, 2.24) is 9.88 Å². The minimum atomic E-state index is 0.682. The van der Waals surface area contributed by atoms with Crippen molar-refractivity contribution in [2.45, 2.75) is 18.9 Å². The van der Waals surface area contributed by atoms with Crippen LogP contribution in [-0.4, -0.2) is 53.6 Å². The Morgan fingerprint density at radius 3 is 2.55 bits per heavy atom. The van der Waals surface area contributed by atoms with Gasteiger partial charge in [0.1, 0.15) is 5.82 Å². The maximum atomic E-state index is 5.96. The van der Waals surface area contributed by atoms with E-state index in [0.717, 1.165) is 29.4 Å². The molecule has 1 aromatic rings. The summed E-state index contributed by atoms with van der Waals surface area (Å²) in [5.41, 5.74) is 0. The molecule has 0 aromatic carbocycles. The number of hydrogen-bond donors (Lipinski definition) is 0. The third kappa shape index (κ3) is 3.43. The van der Waals surface area contributed by atoms with Crippen LogP contribution in [0.5, 0.6) is 0 Å². The molecule has 0 N–H and O–H groups in total. The summed E-state index contributed by atoms with van der Waals surface area (Å²) in [5.74, 6) is 3.62. The first-order valence-corrected chi connectivity index (χ1v) is 9.44. The van der Waals surface area contributed by atoms with E-state index in [4.69, 9.17) is 11.6 Å². The van der Waals surface area contributed by atoms with Crippen molar-refractivity contribution < 1.29 is 0 Å². The number of anilines is 1. The lowest BCUT2D eigenvalue weighted by atomic mass is 10.0. The highest BCUT2D eigenvalue weighted by atomic mass is 79.9. The van der Waals surface area contributed by atoms with Crippen molar-refractivity contribution in [1.29, 1.82) is 0 Å². The summed E-state index contributed by atoms with van der Waals surface area (Å²) >= 11 is 11.6. The topological polar surface area (TPSA) is 19.4 Å². The van der Waals surface area contributed by atoms with Gasteiger partial charge in [-0.05, 0) is 34.8 Å². The molecule has 110 valence electrons. The summed E-state index contributed by atoms with van der Waals surface area (Å²) < 4.78 is 0.998. The van der Waals surface area contributed by atoms with E-state index < -0.39 is 0 Å². The largest absolute Gasteiger partial charge is 0.356 e. The van der Waals surface area contributed by atoms with Gasteiger partial charge in [0.15, 0.2) is 0 Å². The number of nitrogens with zero attached hydrogens (tertiary/aromatic N) is 3. The summed E-state index contributed by atoms with van der Waals surface area (Å²) in [7, 11) is 0. The third-order valence-electron chi connectivity index (χ3n) is 4.11. The highest BCUT2D eigenvalue weighted by Gasteiger charge is 2.26. The van der Waals surface area contributed by atoms with Gasteiger partial charge < -0.3 is 4.90 Å². The van der Waals surface area contributed by atoms with Crippen LogP contribution in [0.4, 0.5) is 5.82 Å². The standard InChI is InChI=1S/C14H19BrClN3S/c15-13-9-11(16)10-17-14(13)19-3-1-12(2-4-19)18-5-7-20-8-6-18/h9-10,12H,1-8H2. The molecule has 6 heteroatoms. The van der Waals surface area contributed by atoms with Gasteiger partial charge in [-0.25, -0.2) is 4.98 Å². The molecule has 0 unspecified atom stereocenters. The number of hydrogen-bond acceptors (Lipinski definition) is 4. The number of pyridine rings is 1. The summed E-state index contributed by atoms with van der Waals surface area (Å²) in [6, 6.07) is 2.69. The van der Waals surface area contributed by atoms with E-state index in [1.807, 2.05) is 6.07 Å². The first-order valence-electron chi connectivity index (χ1n) is 7.12. The van der Waals surface area contributed by atoms with Gasteiger partial charge >= 0.3 is 0 Å². The van der Waals surface area contributed by atoms with Crippen LogP contribution in [0.3, 0.4) is 0 Å². The van der Waals surface area contributed by atoms with E-state index in [2.05, 4.69) is 42.5 Å². The van der Waals surface area contributed by atoms with Crippen LogP contribution in [0.1, 0.15) is 12.8 Å². The summed E-state index contributed by atoms with van der Waals surface area (Å²) in [6.45, 7) is 4.69. The molecular weight excluding hydrogens is 358 g/mol. The normalized spacial score (nSPS) is 22.2. The van der Waals surface area contributed by atoms with Gasteiger partial charge in [-0.1, -0.05) is 11.6 Å². The molecule has 0 amide bonds. The molecule has 3 nitrogen and oxygen atoms in total. The average Bonchev–Trinajstić information content (AvgIpc) is 2.48. The van der Waals surface area contributed by atoms with E-state index >= 15 is 0 Å². The Balaban J connectivity index is 1.60. The lowest BCUT2D eigenvalue weighted by Crippen LogP contribution is -2.48. The highest BCUT2D eigenvalue weighted by Crippen LogP contribution is 2.29. The second-order valence-corrected chi connectivity index (χ2v) is 7.84. The number of piperidine rings is 1. The molecule has 0 atom stereocenters. The van der Waals surface area contributed by atoms with Crippen molar-refractivity contribution in [3.63, 3.8) is 0 Å². The Bertz CT molecular complexity index is 460. The molecule has 2 aliphatic rings. The smallest absolute Gasteiger partial charge is 0.142 e. The lowest BCUT2D eigenvalue weighted by Gasteiger charge is -2.40. The SMILES string of the molecule is Clc1cnc(N2CCC(N3CCSCC3)CC2)c(Br)c1. The minimum absolute atomic E-state index is 0.682. The predicted molar refractivity (Wildman–Crippen MR) is 91.1 cm³/mol. The predicted octanol–water partition coefficient (Wildman–Crippen LogP) is 3.52. The average molecular weight is 377 g/mol.